The van der Waals surface area contributed by atoms with Crippen molar-refractivity contribution in [1.82, 2.24) is 9.97 Å². The second-order valence-electron chi connectivity index (χ2n) is 8.75. The zero-order valence-electron chi connectivity index (χ0n) is 20.0. The Morgan fingerprint density at radius 2 is 0.897 bits per heavy atom. The van der Waals surface area contributed by atoms with Crippen LogP contribution in [0.5, 0.6) is 0 Å². The summed E-state index contributed by atoms with van der Waals surface area (Å²) in [4.78, 5) is 9.94. The maximum absolute atomic E-state index is 4.97. The van der Waals surface area contributed by atoms with Crippen LogP contribution in [0.4, 0.5) is 0 Å². The zero-order chi connectivity index (χ0) is 21.2. The van der Waals surface area contributed by atoms with Crippen molar-refractivity contribution >= 4 is 0 Å². The Hall–Kier alpha value is -0.920. The Labute approximate surface area is 182 Å². The van der Waals surface area contributed by atoms with Crippen LogP contribution in [0.25, 0.3) is 0 Å². The van der Waals surface area contributed by atoms with Crippen molar-refractivity contribution in [2.75, 3.05) is 0 Å². The van der Waals surface area contributed by atoms with Gasteiger partial charge in [0.2, 0.25) is 0 Å². The highest BCUT2D eigenvalue weighted by Gasteiger charge is 2.14. The average Bonchev–Trinajstić information content (AvgIpc) is 2.74. The molecular weight excluding hydrogens is 352 g/mol. The van der Waals surface area contributed by atoms with Crippen LogP contribution < -0.4 is 0 Å². The predicted molar refractivity (Wildman–Crippen MR) is 128 cm³/mol. The summed E-state index contributed by atoms with van der Waals surface area (Å²) < 4.78 is 0. The number of nitrogens with zero attached hydrogens (tertiary/aromatic N) is 2. The van der Waals surface area contributed by atoms with E-state index in [1.807, 2.05) is 0 Å². The van der Waals surface area contributed by atoms with E-state index in [0.717, 1.165) is 18.7 Å². The summed E-state index contributed by atoms with van der Waals surface area (Å²) in [5.74, 6) is 0.965. The maximum Gasteiger partial charge on any atom is 0.128 e. The number of hydrogen-bond acceptors (Lipinski definition) is 2. The summed E-state index contributed by atoms with van der Waals surface area (Å²) in [6.07, 6.45) is 24.1. The van der Waals surface area contributed by atoms with Gasteiger partial charge >= 0.3 is 0 Å². The van der Waals surface area contributed by atoms with Crippen LogP contribution in [0.1, 0.15) is 140 Å². The van der Waals surface area contributed by atoms with E-state index in [-0.39, 0.29) is 0 Å². The molecule has 0 saturated heterocycles. The summed E-state index contributed by atoms with van der Waals surface area (Å²) in [6.45, 7) is 10.9. The van der Waals surface area contributed by atoms with Gasteiger partial charge in [0.1, 0.15) is 5.82 Å². The van der Waals surface area contributed by atoms with E-state index < -0.39 is 0 Å². The standard InChI is InChI=1S/C27H49N2/c1-5-9-12-15-18-21-24-25(22-19-16-13-10-6-2)28-27(8-4)29-26(24)23-20-17-14-11-7-3/h4-23H2,1-3H3. The van der Waals surface area contributed by atoms with Gasteiger partial charge < -0.3 is 0 Å². The van der Waals surface area contributed by atoms with E-state index in [1.165, 1.54) is 120 Å². The van der Waals surface area contributed by atoms with E-state index in [1.54, 1.807) is 0 Å². The summed E-state index contributed by atoms with van der Waals surface area (Å²) in [5.41, 5.74) is 4.22. The van der Waals surface area contributed by atoms with E-state index in [9.17, 15) is 0 Å². The first-order valence-corrected chi connectivity index (χ1v) is 12.9. The smallest absolute Gasteiger partial charge is 0.128 e. The van der Waals surface area contributed by atoms with Gasteiger partial charge in [-0.1, -0.05) is 97.8 Å². The van der Waals surface area contributed by atoms with Crippen molar-refractivity contribution in [1.29, 1.82) is 0 Å². The molecule has 0 unspecified atom stereocenters. The first-order chi connectivity index (χ1) is 14.3. The molecule has 1 aromatic rings. The van der Waals surface area contributed by atoms with Gasteiger partial charge in [0.15, 0.2) is 0 Å². The Balaban J connectivity index is 2.81. The highest BCUT2D eigenvalue weighted by atomic mass is 14.9. The summed E-state index contributed by atoms with van der Waals surface area (Å²) >= 11 is 0. The lowest BCUT2D eigenvalue weighted by molar-refractivity contribution is 0.600. The molecule has 29 heavy (non-hydrogen) atoms. The lowest BCUT2D eigenvalue weighted by atomic mass is 9.96. The number of unbranched alkanes of at least 4 members (excludes halogenated alkanes) is 12. The van der Waals surface area contributed by atoms with Gasteiger partial charge in [0, 0.05) is 17.8 Å². The molecule has 167 valence electrons. The minimum atomic E-state index is 0.711. The van der Waals surface area contributed by atoms with Crippen molar-refractivity contribution in [3.63, 3.8) is 0 Å². The third kappa shape index (κ3) is 11.7. The van der Waals surface area contributed by atoms with E-state index in [4.69, 9.17) is 9.97 Å². The van der Waals surface area contributed by atoms with Crippen LogP contribution in [-0.2, 0) is 25.7 Å². The van der Waals surface area contributed by atoms with Crippen LogP contribution >= 0.6 is 0 Å². The maximum atomic E-state index is 4.97. The molecule has 1 radical (unpaired) electrons. The molecule has 0 aliphatic heterocycles. The SMILES string of the molecule is [CH2]Cc1nc(CCCCCCC)c(CCCCCCC)c(CCCCCCC)n1. The average molecular weight is 402 g/mol. The number of aryl methyl sites for hydroxylation is 2. The normalized spacial score (nSPS) is 11.3. The van der Waals surface area contributed by atoms with Gasteiger partial charge in [-0.2, -0.15) is 0 Å². The Bertz CT molecular complexity index is 474. The van der Waals surface area contributed by atoms with Crippen molar-refractivity contribution in [2.24, 2.45) is 0 Å². The van der Waals surface area contributed by atoms with Crippen LogP contribution in [0.2, 0.25) is 0 Å². The molecule has 0 spiro atoms. The molecule has 0 amide bonds. The second-order valence-corrected chi connectivity index (χ2v) is 8.75. The number of aromatic nitrogens is 2. The fraction of sp³-hybridized carbons (Fsp3) is 0.815. The number of rotatable bonds is 19. The monoisotopic (exact) mass is 401 g/mol. The predicted octanol–water partition coefficient (Wildman–Crippen LogP) is 8.39. The Kier molecular flexibility index (Phi) is 16.1. The lowest BCUT2D eigenvalue weighted by Gasteiger charge is -2.16. The van der Waals surface area contributed by atoms with Gasteiger partial charge in [0.05, 0.1) is 0 Å². The van der Waals surface area contributed by atoms with Gasteiger partial charge in [-0.25, -0.2) is 9.97 Å². The van der Waals surface area contributed by atoms with Crippen molar-refractivity contribution in [3.05, 3.63) is 29.7 Å². The molecule has 0 N–H and O–H groups in total. The van der Waals surface area contributed by atoms with E-state index >= 15 is 0 Å². The third-order valence-electron chi connectivity index (χ3n) is 6.01. The summed E-state index contributed by atoms with van der Waals surface area (Å²) in [5, 5.41) is 0. The van der Waals surface area contributed by atoms with Crippen molar-refractivity contribution in [2.45, 2.75) is 143 Å². The molecule has 1 rings (SSSR count). The molecule has 2 nitrogen and oxygen atoms in total. The summed E-state index contributed by atoms with van der Waals surface area (Å²) in [6, 6.07) is 0. The largest absolute Gasteiger partial charge is 0.238 e. The lowest BCUT2D eigenvalue weighted by Crippen LogP contribution is -2.11. The van der Waals surface area contributed by atoms with Crippen molar-refractivity contribution < 1.29 is 0 Å². The molecule has 0 fully saturated rings. The van der Waals surface area contributed by atoms with Crippen LogP contribution in [0.15, 0.2) is 0 Å². The Morgan fingerprint density at radius 1 is 0.517 bits per heavy atom. The van der Waals surface area contributed by atoms with Gasteiger partial charge in [-0.05, 0) is 51.0 Å². The minimum Gasteiger partial charge on any atom is -0.238 e. The van der Waals surface area contributed by atoms with Gasteiger partial charge in [-0.3, -0.25) is 0 Å². The van der Waals surface area contributed by atoms with Crippen molar-refractivity contribution in [3.8, 4) is 0 Å². The van der Waals surface area contributed by atoms with Gasteiger partial charge in [-0.15, -0.1) is 0 Å². The quantitative estimate of drug-likeness (QED) is 0.217. The highest BCUT2D eigenvalue weighted by Crippen LogP contribution is 2.21. The molecule has 1 heterocycles. The van der Waals surface area contributed by atoms with E-state index in [0.29, 0.717) is 6.42 Å². The molecule has 2 heteroatoms. The fourth-order valence-electron chi connectivity index (χ4n) is 4.15. The molecular formula is C27H49N2. The molecule has 0 aliphatic carbocycles. The fourth-order valence-corrected chi connectivity index (χ4v) is 4.15. The Morgan fingerprint density at radius 3 is 1.28 bits per heavy atom. The molecule has 0 saturated carbocycles. The topological polar surface area (TPSA) is 25.8 Å². The van der Waals surface area contributed by atoms with E-state index in [2.05, 4.69) is 27.7 Å². The molecule has 1 aromatic heterocycles. The highest BCUT2D eigenvalue weighted by molar-refractivity contribution is 5.27. The van der Waals surface area contributed by atoms with Gasteiger partial charge in [0.25, 0.3) is 0 Å². The van der Waals surface area contributed by atoms with Crippen LogP contribution in [-0.4, -0.2) is 9.97 Å². The summed E-state index contributed by atoms with van der Waals surface area (Å²) in [7, 11) is 0. The number of hydrogen-bond donors (Lipinski definition) is 0. The molecule has 0 bridgehead atoms. The first kappa shape index (κ1) is 26.1. The third-order valence-corrected chi connectivity index (χ3v) is 6.01. The zero-order valence-corrected chi connectivity index (χ0v) is 20.0. The molecule has 0 atom stereocenters. The minimum absolute atomic E-state index is 0.711. The molecule has 0 aromatic carbocycles. The van der Waals surface area contributed by atoms with Crippen LogP contribution in [0, 0.1) is 6.92 Å². The first-order valence-electron chi connectivity index (χ1n) is 12.9. The second kappa shape index (κ2) is 17.9. The molecule has 0 aliphatic rings. The van der Waals surface area contributed by atoms with Crippen LogP contribution in [0.3, 0.4) is 0 Å².